The van der Waals surface area contributed by atoms with Crippen molar-refractivity contribution in [2.24, 2.45) is 0 Å². The molecule has 6 nitrogen and oxygen atoms in total. The predicted molar refractivity (Wildman–Crippen MR) is 87.9 cm³/mol. The van der Waals surface area contributed by atoms with E-state index in [2.05, 4.69) is 17.4 Å². The molecule has 0 spiro atoms. The zero-order valence-electron chi connectivity index (χ0n) is 13.8. The van der Waals surface area contributed by atoms with Crippen LogP contribution in [-0.2, 0) is 25.5 Å². The summed E-state index contributed by atoms with van der Waals surface area (Å²) in [6, 6.07) is 9.87. The average Bonchev–Trinajstić information content (AvgIpc) is 2.93. The highest BCUT2D eigenvalue weighted by atomic mass is 16.6. The van der Waals surface area contributed by atoms with Crippen LogP contribution in [0.2, 0.25) is 0 Å². The van der Waals surface area contributed by atoms with Crippen molar-refractivity contribution in [1.82, 2.24) is 10.2 Å². The molecule has 1 aromatic carbocycles. The maximum atomic E-state index is 12.3. The fourth-order valence-corrected chi connectivity index (χ4v) is 2.98. The zero-order valence-corrected chi connectivity index (χ0v) is 13.8. The van der Waals surface area contributed by atoms with Crippen molar-refractivity contribution in [1.29, 1.82) is 0 Å². The molecule has 1 saturated heterocycles. The summed E-state index contributed by atoms with van der Waals surface area (Å²) in [5.74, 6) is 0.470. The third-order valence-electron chi connectivity index (χ3n) is 4.24. The van der Waals surface area contributed by atoms with Crippen LogP contribution in [0.5, 0.6) is 0 Å². The van der Waals surface area contributed by atoms with Crippen LogP contribution in [0.1, 0.15) is 18.9 Å². The van der Waals surface area contributed by atoms with Crippen LogP contribution in [0.15, 0.2) is 41.9 Å². The van der Waals surface area contributed by atoms with Gasteiger partial charge in [-0.05, 0) is 18.9 Å². The molecule has 0 radical (unpaired) electrons. The number of hydrogen-bond acceptors (Lipinski definition) is 4. The van der Waals surface area contributed by atoms with Gasteiger partial charge in [-0.2, -0.15) is 0 Å². The number of carbonyl (C=O) groups is 2. The van der Waals surface area contributed by atoms with Crippen LogP contribution < -0.4 is 5.32 Å². The van der Waals surface area contributed by atoms with Crippen LogP contribution in [-0.4, -0.2) is 49.1 Å². The first-order valence-corrected chi connectivity index (χ1v) is 8.22. The second-order valence-corrected chi connectivity index (χ2v) is 6.03. The first kappa shape index (κ1) is 16.4. The van der Waals surface area contributed by atoms with Gasteiger partial charge in [-0.15, -0.1) is 0 Å². The van der Waals surface area contributed by atoms with Crippen molar-refractivity contribution < 1.29 is 19.1 Å². The van der Waals surface area contributed by atoms with E-state index in [0.717, 1.165) is 6.42 Å². The van der Waals surface area contributed by atoms with E-state index in [1.807, 2.05) is 18.2 Å². The maximum absolute atomic E-state index is 12.3. The molecular weight excluding hydrogens is 308 g/mol. The van der Waals surface area contributed by atoms with E-state index in [1.165, 1.54) is 5.56 Å². The minimum Gasteiger partial charge on any atom is -0.491 e. The molecule has 1 atom stereocenters. The number of nitrogens with zero attached hydrogens (tertiary/aromatic N) is 1. The Bertz CT molecular complexity index is 642. The molecule has 0 bridgehead atoms. The number of allylic oxidation sites excluding steroid dienone is 1. The van der Waals surface area contributed by atoms with Gasteiger partial charge in [-0.25, -0.2) is 0 Å². The second-order valence-electron chi connectivity index (χ2n) is 6.03. The molecule has 2 heterocycles. The standard InChI is InChI=1S/C18H22N2O4/c1-13-17(24-10-9-23-13)18(22)19-15-11-16(21)20(12-15)8-7-14-5-3-2-4-6-14/h2-6,15H,7-12H2,1H3,(H,19,22)/t15-/m0/s1. The lowest BCUT2D eigenvalue weighted by Gasteiger charge is -2.21. The van der Waals surface area contributed by atoms with Gasteiger partial charge in [0.15, 0.2) is 0 Å². The number of benzene rings is 1. The van der Waals surface area contributed by atoms with E-state index in [0.29, 0.717) is 38.5 Å². The smallest absolute Gasteiger partial charge is 0.290 e. The predicted octanol–water partition coefficient (Wildman–Crippen LogP) is 1.22. The summed E-state index contributed by atoms with van der Waals surface area (Å²) < 4.78 is 10.7. The van der Waals surface area contributed by atoms with Gasteiger partial charge < -0.3 is 19.7 Å². The minimum absolute atomic E-state index is 0.0720. The number of likely N-dealkylation sites (tertiary alicyclic amines) is 1. The van der Waals surface area contributed by atoms with Gasteiger partial charge in [0.25, 0.3) is 5.91 Å². The molecule has 6 heteroatoms. The molecule has 0 aliphatic carbocycles. The van der Waals surface area contributed by atoms with Crippen molar-refractivity contribution in [3.05, 3.63) is 47.4 Å². The monoisotopic (exact) mass is 330 g/mol. The number of ether oxygens (including phenoxy) is 2. The summed E-state index contributed by atoms with van der Waals surface area (Å²) in [6.07, 6.45) is 1.14. The highest BCUT2D eigenvalue weighted by Crippen LogP contribution is 2.16. The van der Waals surface area contributed by atoms with Crippen LogP contribution in [0, 0.1) is 0 Å². The molecule has 24 heavy (non-hydrogen) atoms. The normalized spacial score (nSPS) is 20.6. The molecule has 1 aromatic rings. The first-order chi connectivity index (χ1) is 11.6. The van der Waals surface area contributed by atoms with E-state index in [1.54, 1.807) is 11.8 Å². The molecule has 0 aromatic heterocycles. The van der Waals surface area contributed by atoms with Crippen LogP contribution in [0.4, 0.5) is 0 Å². The van der Waals surface area contributed by atoms with E-state index in [4.69, 9.17) is 9.47 Å². The molecule has 1 N–H and O–H groups in total. The first-order valence-electron chi connectivity index (χ1n) is 8.22. The summed E-state index contributed by atoms with van der Waals surface area (Å²) in [4.78, 5) is 26.2. The Labute approximate surface area is 141 Å². The SMILES string of the molecule is CC1=C(C(=O)N[C@H]2CC(=O)N(CCc3ccccc3)C2)OCCO1. The molecule has 128 valence electrons. The fourth-order valence-electron chi connectivity index (χ4n) is 2.98. The van der Waals surface area contributed by atoms with Gasteiger partial charge in [-0.1, -0.05) is 30.3 Å². The number of nitrogens with one attached hydrogen (secondary N) is 1. The van der Waals surface area contributed by atoms with Gasteiger partial charge in [0.05, 0.1) is 6.04 Å². The molecule has 0 unspecified atom stereocenters. The third kappa shape index (κ3) is 3.88. The van der Waals surface area contributed by atoms with Gasteiger partial charge in [0.1, 0.15) is 19.0 Å². The summed E-state index contributed by atoms with van der Waals surface area (Å²) in [6.45, 7) is 3.73. The minimum atomic E-state index is -0.310. The molecule has 2 amide bonds. The Kier molecular flexibility index (Phi) is 5.03. The Balaban J connectivity index is 1.52. The molecular formula is C18H22N2O4. The van der Waals surface area contributed by atoms with Crippen molar-refractivity contribution >= 4 is 11.8 Å². The third-order valence-corrected chi connectivity index (χ3v) is 4.24. The highest BCUT2D eigenvalue weighted by Gasteiger charge is 2.32. The van der Waals surface area contributed by atoms with Gasteiger partial charge in [0.2, 0.25) is 11.7 Å². The Morgan fingerprint density at radius 3 is 2.75 bits per heavy atom. The van der Waals surface area contributed by atoms with Crippen molar-refractivity contribution in [2.75, 3.05) is 26.3 Å². The van der Waals surface area contributed by atoms with E-state index >= 15 is 0 Å². The van der Waals surface area contributed by atoms with Crippen LogP contribution in [0.25, 0.3) is 0 Å². The quantitative estimate of drug-likeness (QED) is 0.882. The maximum Gasteiger partial charge on any atom is 0.290 e. The summed E-state index contributed by atoms with van der Waals surface area (Å²) >= 11 is 0. The average molecular weight is 330 g/mol. The Morgan fingerprint density at radius 1 is 1.25 bits per heavy atom. The summed E-state index contributed by atoms with van der Waals surface area (Å²) in [7, 11) is 0. The Hall–Kier alpha value is -2.50. The molecule has 2 aliphatic heterocycles. The van der Waals surface area contributed by atoms with E-state index in [-0.39, 0.29) is 23.6 Å². The number of carbonyl (C=O) groups excluding carboxylic acids is 2. The lowest BCUT2D eigenvalue weighted by Crippen LogP contribution is -2.39. The zero-order chi connectivity index (χ0) is 16.9. The highest BCUT2D eigenvalue weighted by molar-refractivity contribution is 5.93. The fraction of sp³-hybridized carbons (Fsp3) is 0.444. The second kappa shape index (κ2) is 7.38. The molecule has 2 aliphatic rings. The largest absolute Gasteiger partial charge is 0.491 e. The number of rotatable bonds is 5. The van der Waals surface area contributed by atoms with Gasteiger partial charge in [0, 0.05) is 19.5 Å². The van der Waals surface area contributed by atoms with E-state index in [9.17, 15) is 9.59 Å². The lowest BCUT2D eigenvalue weighted by molar-refractivity contribution is -0.127. The van der Waals surface area contributed by atoms with Gasteiger partial charge >= 0.3 is 0 Å². The molecule has 0 saturated carbocycles. The lowest BCUT2D eigenvalue weighted by atomic mass is 10.1. The number of hydrogen-bond donors (Lipinski definition) is 1. The van der Waals surface area contributed by atoms with Crippen LogP contribution >= 0.6 is 0 Å². The number of amides is 2. The molecule has 3 rings (SSSR count). The van der Waals surface area contributed by atoms with Crippen molar-refractivity contribution in [3.63, 3.8) is 0 Å². The van der Waals surface area contributed by atoms with Crippen molar-refractivity contribution in [3.8, 4) is 0 Å². The van der Waals surface area contributed by atoms with Crippen LogP contribution in [0.3, 0.4) is 0 Å². The summed E-state index contributed by atoms with van der Waals surface area (Å²) in [5.41, 5.74) is 1.20. The topological polar surface area (TPSA) is 67.9 Å². The van der Waals surface area contributed by atoms with Crippen molar-refractivity contribution in [2.45, 2.75) is 25.8 Å². The van der Waals surface area contributed by atoms with Gasteiger partial charge in [-0.3, -0.25) is 9.59 Å². The molecule has 1 fully saturated rings. The van der Waals surface area contributed by atoms with E-state index < -0.39 is 0 Å². The Morgan fingerprint density at radius 2 is 2.00 bits per heavy atom. The summed E-state index contributed by atoms with van der Waals surface area (Å²) in [5, 5.41) is 2.87.